The first kappa shape index (κ1) is 15.4. The number of aryl methyl sites for hydroxylation is 1. The van der Waals surface area contributed by atoms with Crippen LogP contribution in [-0.2, 0) is 7.05 Å². The van der Waals surface area contributed by atoms with Crippen molar-refractivity contribution < 1.29 is 18.7 Å². The number of hydrogen-bond acceptors (Lipinski definition) is 3. The third kappa shape index (κ3) is 2.77. The molecule has 0 fully saturated rings. The van der Waals surface area contributed by atoms with E-state index in [9.17, 15) is 13.6 Å². The molecule has 0 aliphatic rings. The van der Waals surface area contributed by atoms with Gasteiger partial charge >= 0.3 is 5.97 Å². The summed E-state index contributed by atoms with van der Waals surface area (Å²) < 4.78 is 30.0. The van der Waals surface area contributed by atoms with E-state index in [1.165, 1.54) is 22.8 Å². The summed E-state index contributed by atoms with van der Waals surface area (Å²) >= 11 is 3.16. The fraction of sp³-hybridized carbons (Fsp3) is 0.0667. The summed E-state index contributed by atoms with van der Waals surface area (Å²) in [5, 5.41) is 11.8. The number of anilines is 2. The minimum absolute atomic E-state index is 0.0116. The van der Waals surface area contributed by atoms with Crippen molar-refractivity contribution in [2.45, 2.75) is 0 Å². The number of fused-ring (bicyclic) bond motifs is 1. The highest BCUT2D eigenvalue weighted by Crippen LogP contribution is 2.27. The van der Waals surface area contributed by atoms with Gasteiger partial charge in [-0.1, -0.05) is 15.9 Å². The van der Waals surface area contributed by atoms with Gasteiger partial charge in [0.15, 0.2) is 5.82 Å². The lowest BCUT2D eigenvalue weighted by Crippen LogP contribution is -2.01. The van der Waals surface area contributed by atoms with Crippen LogP contribution in [0.3, 0.4) is 0 Å². The Morgan fingerprint density at radius 1 is 1.26 bits per heavy atom. The molecule has 1 heterocycles. The number of rotatable bonds is 3. The molecule has 0 amide bonds. The predicted octanol–water partition coefficient (Wildman–Crippen LogP) is 4.06. The summed E-state index contributed by atoms with van der Waals surface area (Å²) in [6, 6.07) is 6.67. The van der Waals surface area contributed by atoms with Crippen LogP contribution in [0.4, 0.5) is 20.4 Å². The van der Waals surface area contributed by atoms with Crippen molar-refractivity contribution in [2.75, 3.05) is 5.32 Å². The summed E-state index contributed by atoms with van der Waals surface area (Å²) in [5.74, 6) is -2.29. The number of aromatic carboxylic acids is 1. The lowest BCUT2D eigenvalue weighted by molar-refractivity contribution is 0.0696. The number of carboxylic acids is 1. The summed E-state index contributed by atoms with van der Waals surface area (Å²) in [5.41, 5.74) is 0.296. The van der Waals surface area contributed by atoms with E-state index in [0.717, 1.165) is 6.07 Å². The lowest BCUT2D eigenvalue weighted by atomic mass is 10.2. The normalized spacial score (nSPS) is 11.0. The molecule has 0 saturated carbocycles. The highest BCUT2D eigenvalue weighted by Gasteiger charge is 2.16. The van der Waals surface area contributed by atoms with E-state index < -0.39 is 17.6 Å². The molecule has 0 radical (unpaired) electrons. The molecule has 2 aromatic carbocycles. The third-order valence-electron chi connectivity index (χ3n) is 3.36. The van der Waals surface area contributed by atoms with Gasteiger partial charge in [-0.05, 0) is 30.3 Å². The van der Waals surface area contributed by atoms with E-state index in [-0.39, 0.29) is 22.7 Å². The standard InChI is InChI=1S/C15H10BrF2N3O2/c1-21-12-5-7(14(22)23)4-10(18)13(12)20-15(21)19-11-3-2-8(16)6-9(11)17/h2-6H,1H3,(H,19,20)(H,22,23). The van der Waals surface area contributed by atoms with E-state index in [1.54, 1.807) is 13.1 Å². The van der Waals surface area contributed by atoms with E-state index in [1.807, 2.05) is 0 Å². The number of hydrogen-bond donors (Lipinski definition) is 2. The Morgan fingerprint density at radius 2 is 2.00 bits per heavy atom. The van der Waals surface area contributed by atoms with Crippen LogP contribution < -0.4 is 5.32 Å². The fourth-order valence-corrected chi connectivity index (χ4v) is 2.53. The lowest BCUT2D eigenvalue weighted by Gasteiger charge is -2.07. The van der Waals surface area contributed by atoms with E-state index >= 15 is 0 Å². The topological polar surface area (TPSA) is 67.2 Å². The van der Waals surface area contributed by atoms with Gasteiger partial charge in [-0.2, -0.15) is 0 Å². The van der Waals surface area contributed by atoms with Crippen molar-refractivity contribution in [3.63, 3.8) is 0 Å². The molecule has 23 heavy (non-hydrogen) atoms. The van der Waals surface area contributed by atoms with Gasteiger partial charge in [0, 0.05) is 11.5 Å². The number of nitrogens with zero attached hydrogens (tertiary/aromatic N) is 2. The Labute approximate surface area is 137 Å². The third-order valence-corrected chi connectivity index (χ3v) is 3.86. The molecule has 0 bridgehead atoms. The molecule has 0 saturated heterocycles. The number of imidazole rings is 1. The zero-order valence-corrected chi connectivity index (χ0v) is 13.4. The fourth-order valence-electron chi connectivity index (χ4n) is 2.19. The number of halogens is 3. The maximum Gasteiger partial charge on any atom is 0.335 e. The average Bonchev–Trinajstić information content (AvgIpc) is 2.79. The molecule has 1 aromatic heterocycles. The van der Waals surface area contributed by atoms with Gasteiger partial charge in [0.05, 0.1) is 16.8 Å². The van der Waals surface area contributed by atoms with Crippen molar-refractivity contribution >= 4 is 44.6 Å². The minimum Gasteiger partial charge on any atom is -0.478 e. The van der Waals surface area contributed by atoms with E-state index in [4.69, 9.17) is 5.11 Å². The summed E-state index contributed by atoms with van der Waals surface area (Å²) in [7, 11) is 1.58. The molecular formula is C15H10BrF2N3O2. The molecule has 5 nitrogen and oxygen atoms in total. The summed E-state index contributed by atoms with van der Waals surface area (Å²) in [4.78, 5) is 15.1. The second-order valence-electron chi connectivity index (χ2n) is 4.87. The van der Waals surface area contributed by atoms with Crippen LogP contribution in [0.5, 0.6) is 0 Å². The maximum absolute atomic E-state index is 14.0. The van der Waals surface area contributed by atoms with E-state index in [0.29, 0.717) is 9.99 Å². The Bertz CT molecular complexity index is 940. The predicted molar refractivity (Wildman–Crippen MR) is 85.0 cm³/mol. The molecule has 0 aliphatic carbocycles. The van der Waals surface area contributed by atoms with Crippen LogP contribution >= 0.6 is 15.9 Å². The molecule has 0 spiro atoms. The van der Waals surface area contributed by atoms with Gasteiger partial charge in [-0.25, -0.2) is 18.6 Å². The van der Waals surface area contributed by atoms with Crippen LogP contribution in [0.25, 0.3) is 11.0 Å². The average molecular weight is 382 g/mol. The first-order chi connectivity index (χ1) is 10.9. The monoisotopic (exact) mass is 381 g/mol. The van der Waals surface area contributed by atoms with Gasteiger partial charge < -0.3 is 15.0 Å². The Balaban J connectivity index is 2.10. The molecule has 3 aromatic rings. The van der Waals surface area contributed by atoms with Gasteiger partial charge in [-0.3, -0.25) is 0 Å². The molecule has 8 heteroatoms. The van der Waals surface area contributed by atoms with Gasteiger partial charge in [0.2, 0.25) is 5.95 Å². The summed E-state index contributed by atoms with van der Waals surface area (Å²) in [6.45, 7) is 0. The highest BCUT2D eigenvalue weighted by molar-refractivity contribution is 9.10. The number of benzene rings is 2. The molecule has 3 rings (SSSR count). The van der Waals surface area contributed by atoms with Gasteiger partial charge in [-0.15, -0.1) is 0 Å². The van der Waals surface area contributed by atoms with Crippen molar-refractivity contribution in [2.24, 2.45) is 7.05 Å². The molecule has 118 valence electrons. The van der Waals surface area contributed by atoms with E-state index in [2.05, 4.69) is 26.2 Å². The molecule has 2 N–H and O–H groups in total. The SMILES string of the molecule is Cn1c(Nc2ccc(Br)cc2F)nc2c(F)cc(C(=O)O)cc21. The van der Waals surface area contributed by atoms with Crippen molar-refractivity contribution in [1.82, 2.24) is 9.55 Å². The maximum atomic E-state index is 14.0. The number of carbonyl (C=O) groups is 1. The van der Waals surface area contributed by atoms with Gasteiger partial charge in [0.1, 0.15) is 11.3 Å². The second-order valence-corrected chi connectivity index (χ2v) is 5.79. The Hall–Kier alpha value is -2.48. The minimum atomic E-state index is -1.24. The number of carboxylic acid groups (broad SMARTS) is 1. The first-order valence-electron chi connectivity index (χ1n) is 6.48. The Morgan fingerprint density at radius 3 is 2.65 bits per heavy atom. The van der Waals surface area contributed by atoms with Crippen LogP contribution in [0.15, 0.2) is 34.8 Å². The first-order valence-corrected chi connectivity index (χ1v) is 7.27. The number of nitrogens with one attached hydrogen (secondary N) is 1. The Kier molecular flexibility index (Phi) is 3.77. The highest BCUT2D eigenvalue weighted by atomic mass is 79.9. The van der Waals surface area contributed by atoms with Crippen molar-refractivity contribution in [1.29, 1.82) is 0 Å². The summed E-state index contributed by atoms with van der Waals surface area (Å²) in [6.07, 6.45) is 0. The second kappa shape index (κ2) is 5.62. The molecule has 0 atom stereocenters. The van der Waals surface area contributed by atoms with Gasteiger partial charge in [0.25, 0.3) is 0 Å². The van der Waals surface area contributed by atoms with Crippen LogP contribution in [0, 0.1) is 11.6 Å². The van der Waals surface area contributed by atoms with Crippen molar-refractivity contribution in [3.8, 4) is 0 Å². The smallest absolute Gasteiger partial charge is 0.335 e. The van der Waals surface area contributed by atoms with Crippen LogP contribution in [0.2, 0.25) is 0 Å². The van der Waals surface area contributed by atoms with Crippen LogP contribution in [0.1, 0.15) is 10.4 Å². The zero-order valence-electron chi connectivity index (χ0n) is 11.8. The van der Waals surface area contributed by atoms with Crippen molar-refractivity contribution in [3.05, 3.63) is 52.0 Å². The molecular weight excluding hydrogens is 372 g/mol. The largest absolute Gasteiger partial charge is 0.478 e. The quantitative estimate of drug-likeness (QED) is 0.717. The molecule has 0 aliphatic heterocycles. The number of aromatic nitrogens is 2. The molecule has 0 unspecified atom stereocenters. The van der Waals surface area contributed by atoms with Crippen LogP contribution in [-0.4, -0.2) is 20.6 Å². The zero-order chi connectivity index (χ0) is 16.7.